The molecule has 1 amide bonds. The first kappa shape index (κ1) is 14.9. The molecule has 0 N–H and O–H groups in total. The van der Waals surface area contributed by atoms with Gasteiger partial charge in [0.1, 0.15) is 17.7 Å². The summed E-state index contributed by atoms with van der Waals surface area (Å²) in [6, 6.07) is 7.60. The number of nitrogens with zero attached hydrogens (tertiary/aromatic N) is 3. The van der Waals surface area contributed by atoms with Gasteiger partial charge in [0, 0.05) is 30.1 Å². The third-order valence-electron chi connectivity index (χ3n) is 4.30. The molecular formula is C19H19N3O2. The second-order valence-electron chi connectivity index (χ2n) is 6.66. The maximum atomic E-state index is 12.9. The van der Waals surface area contributed by atoms with Crippen molar-refractivity contribution in [2.45, 2.75) is 33.4 Å². The Morgan fingerprint density at radius 2 is 2.12 bits per heavy atom. The molecule has 2 aromatic heterocycles. The highest BCUT2D eigenvalue weighted by atomic mass is 16.3. The fourth-order valence-electron chi connectivity index (χ4n) is 3.12. The highest BCUT2D eigenvalue weighted by Gasteiger charge is 2.28. The summed E-state index contributed by atoms with van der Waals surface area (Å²) in [5, 5.41) is 0.852. The van der Waals surface area contributed by atoms with Crippen LogP contribution in [0.3, 0.4) is 0 Å². The summed E-state index contributed by atoms with van der Waals surface area (Å²) in [6.07, 6.45) is 4.26. The molecule has 5 nitrogen and oxygen atoms in total. The van der Waals surface area contributed by atoms with Crippen molar-refractivity contribution in [2.24, 2.45) is 5.92 Å². The summed E-state index contributed by atoms with van der Waals surface area (Å²) in [7, 11) is 0. The summed E-state index contributed by atoms with van der Waals surface area (Å²) >= 11 is 0. The van der Waals surface area contributed by atoms with Gasteiger partial charge in [0.15, 0.2) is 0 Å². The molecule has 0 saturated heterocycles. The fraction of sp³-hybridized carbons (Fsp3) is 0.316. The van der Waals surface area contributed by atoms with Gasteiger partial charge in [-0.2, -0.15) is 0 Å². The topological polar surface area (TPSA) is 59.2 Å². The van der Waals surface area contributed by atoms with E-state index in [-0.39, 0.29) is 5.91 Å². The number of benzene rings is 1. The number of hydrogen-bond acceptors (Lipinski definition) is 4. The van der Waals surface area contributed by atoms with Crippen molar-refractivity contribution < 1.29 is 9.21 Å². The second-order valence-corrected chi connectivity index (χ2v) is 6.66. The lowest BCUT2D eigenvalue weighted by Gasteiger charge is -2.13. The minimum absolute atomic E-state index is 0.0247. The number of furan rings is 1. The minimum atomic E-state index is -0.0247. The number of hydrogen-bond donors (Lipinski definition) is 0. The number of rotatable bonds is 3. The number of para-hydroxylation sites is 1. The van der Waals surface area contributed by atoms with E-state index < -0.39 is 0 Å². The molecule has 0 radical (unpaired) electrons. The van der Waals surface area contributed by atoms with Crippen LogP contribution in [0.2, 0.25) is 0 Å². The van der Waals surface area contributed by atoms with Crippen molar-refractivity contribution in [3.05, 3.63) is 59.4 Å². The van der Waals surface area contributed by atoms with Gasteiger partial charge in [-0.25, -0.2) is 9.97 Å². The van der Waals surface area contributed by atoms with Gasteiger partial charge in [0.2, 0.25) is 0 Å². The minimum Gasteiger partial charge on any atom is -0.463 e. The van der Waals surface area contributed by atoms with E-state index >= 15 is 0 Å². The summed E-state index contributed by atoms with van der Waals surface area (Å²) in [6.45, 7) is 5.38. The van der Waals surface area contributed by atoms with E-state index in [4.69, 9.17) is 4.42 Å². The van der Waals surface area contributed by atoms with Crippen molar-refractivity contribution >= 4 is 16.9 Å². The molecule has 0 atom stereocenters. The van der Waals surface area contributed by atoms with Crippen molar-refractivity contribution in [3.63, 3.8) is 0 Å². The molecule has 122 valence electrons. The number of amides is 1. The van der Waals surface area contributed by atoms with Crippen molar-refractivity contribution in [2.75, 3.05) is 0 Å². The van der Waals surface area contributed by atoms with Crippen LogP contribution in [-0.4, -0.2) is 20.8 Å². The van der Waals surface area contributed by atoms with Crippen molar-refractivity contribution in [3.8, 4) is 0 Å². The Labute approximate surface area is 140 Å². The molecule has 24 heavy (non-hydrogen) atoms. The molecule has 4 rings (SSSR count). The Hall–Kier alpha value is -2.69. The molecule has 3 heterocycles. The molecule has 3 aromatic rings. The maximum Gasteiger partial charge on any atom is 0.258 e. The fourth-order valence-corrected chi connectivity index (χ4v) is 3.12. The van der Waals surface area contributed by atoms with Gasteiger partial charge in [-0.05, 0) is 12.0 Å². The Balaban J connectivity index is 1.59. The normalized spacial score (nSPS) is 13.7. The van der Waals surface area contributed by atoms with Crippen LogP contribution in [0.1, 0.15) is 41.3 Å². The monoisotopic (exact) mass is 321 g/mol. The van der Waals surface area contributed by atoms with E-state index in [2.05, 4.69) is 23.8 Å². The lowest BCUT2D eigenvalue weighted by atomic mass is 10.1. The van der Waals surface area contributed by atoms with Crippen LogP contribution in [0.15, 0.2) is 41.1 Å². The molecule has 0 bridgehead atoms. The molecule has 0 fully saturated rings. The van der Waals surface area contributed by atoms with Gasteiger partial charge < -0.3 is 9.32 Å². The predicted octanol–water partition coefficient (Wildman–Crippen LogP) is 3.58. The Kier molecular flexibility index (Phi) is 3.56. The zero-order valence-corrected chi connectivity index (χ0v) is 13.8. The Morgan fingerprint density at radius 1 is 1.29 bits per heavy atom. The quantitative estimate of drug-likeness (QED) is 0.740. The van der Waals surface area contributed by atoms with Crippen LogP contribution in [0.25, 0.3) is 11.0 Å². The number of carbonyl (C=O) groups is 1. The van der Waals surface area contributed by atoms with Gasteiger partial charge in [0.25, 0.3) is 5.91 Å². The molecule has 0 aliphatic carbocycles. The number of carbonyl (C=O) groups excluding carboxylic acids is 1. The van der Waals surface area contributed by atoms with Crippen molar-refractivity contribution in [1.29, 1.82) is 0 Å². The molecular weight excluding hydrogens is 302 g/mol. The molecule has 0 spiro atoms. The standard InChI is InChI=1S/C19H19N3O2/c1-12(2)7-18-20-8-13-9-22(10-16(13)21-18)19(23)15-11-24-17-6-4-3-5-14(15)17/h3-6,8,11-12H,7,9-10H2,1-2H3. The van der Waals surface area contributed by atoms with Gasteiger partial charge in [-0.1, -0.05) is 32.0 Å². The number of fused-ring (bicyclic) bond motifs is 2. The Morgan fingerprint density at radius 3 is 2.96 bits per heavy atom. The first-order valence-corrected chi connectivity index (χ1v) is 8.21. The van der Waals surface area contributed by atoms with Crippen LogP contribution < -0.4 is 0 Å². The molecule has 1 aliphatic heterocycles. The smallest absolute Gasteiger partial charge is 0.258 e. The summed E-state index contributed by atoms with van der Waals surface area (Å²) in [5.41, 5.74) is 3.33. The zero-order chi connectivity index (χ0) is 16.7. The zero-order valence-electron chi connectivity index (χ0n) is 13.8. The highest BCUT2D eigenvalue weighted by Crippen LogP contribution is 2.27. The molecule has 0 saturated carbocycles. The van der Waals surface area contributed by atoms with E-state index in [1.165, 1.54) is 0 Å². The number of aromatic nitrogens is 2. The van der Waals surface area contributed by atoms with Crippen LogP contribution in [0.5, 0.6) is 0 Å². The maximum absolute atomic E-state index is 12.9. The van der Waals surface area contributed by atoms with Crippen LogP contribution >= 0.6 is 0 Å². The van der Waals surface area contributed by atoms with Gasteiger partial charge >= 0.3 is 0 Å². The molecule has 0 unspecified atom stereocenters. The second kappa shape index (κ2) is 5.74. The predicted molar refractivity (Wildman–Crippen MR) is 90.4 cm³/mol. The lowest BCUT2D eigenvalue weighted by molar-refractivity contribution is 0.0751. The van der Waals surface area contributed by atoms with E-state index in [9.17, 15) is 4.79 Å². The average Bonchev–Trinajstić information content (AvgIpc) is 3.17. The van der Waals surface area contributed by atoms with Gasteiger partial charge in [-0.15, -0.1) is 0 Å². The SMILES string of the molecule is CC(C)Cc1ncc2c(n1)CN(C(=O)c1coc3ccccc13)C2. The van der Waals surface area contributed by atoms with Crippen LogP contribution in [-0.2, 0) is 19.5 Å². The first-order chi connectivity index (χ1) is 11.6. The van der Waals surface area contributed by atoms with E-state index in [1.807, 2.05) is 30.5 Å². The molecule has 1 aliphatic rings. The van der Waals surface area contributed by atoms with Crippen LogP contribution in [0, 0.1) is 5.92 Å². The average molecular weight is 321 g/mol. The molecule has 1 aromatic carbocycles. The van der Waals surface area contributed by atoms with E-state index in [0.29, 0.717) is 24.6 Å². The highest BCUT2D eigenvalue weighted by molar-refractivity contribution is 6.05. The van der Waals surface area contributed by atoms with Crippen molar-refractivity contribution in [1.82, 2.24) is 14.9 Å². The van der Waals surface area contributed by atoms with Gasteiger partial charge in [-0.3, -0.25) is 4.79 Å². The van der Waals surface area contributed by atoms with Gasteiger partial charge in [0.05, 0.1) is 17.8 Å². The third kappa shape index (κ3) is 2.56. The Bertz CT molecular complexity index is 914. The first-order valence-electron chi connectivity index (χ1n) is 8.21. The summed E-state index contributed by atoms with van der Waals surface area (Å²) < 4.78 is 5.49. The van der Waals surface area contributed by atoms with Crippen LogP contribution in [0.4, 0.5) is 0 Å². The summed E-state index contributed by atoms with van der Waals surface area (Å²) in [5.74, 6) is 1.34. The largest absolute Gasteiger partial charge is 0.463 e. The summed E-state index contributed by atoms with van der Waals surface area (Å²) in [4.78, 5) is 23.7. The van der Waals surface area contributed by atoms with E-state index in [0.717, 1.165) is 34.5 Å². The third-order valence-corrected chi connectivity index (χ3v) is 4.30. The lowest BCUT2D eigenvalue weighted by Crippen LogP contribution is -2.25. The molecule has 5 heteroatoms. The van der Waals surface area contributed by atoms with E-state index in [1.54, 1.807) is 11.2 Å².